The molecule has 6 amide bonds. The van der Waals surface area contributed by atoms with Crippen molar-refractivity contribution in [3.05, 3.63) is 36.0 Å². The fourth-order valence-electron chi connectivity index (χ4n) is 6.19. The number of nitrogens with one attached hydrogen (secondary N) is 6. The van der Waals surface area contributed by atoms with E-state index in [1.165, 1.54) is 0 Å². The zero-order valence-electron chi connectivity index (χ0n) is 31.7. The molecule has 54 heavy (non-hydrogen) atoms. The SMILES string of the molecule is CC(C)C[C@H](NC(=O)[C@H](NC(=O)[C@@H]1CCCN1C(=O)[C@@H](CS(=O)(=O)O)NC(=O)[C@@H](Cc1c[nH]c2ccccc12)NC(=O)OC(C)(C)C)C(C)C)C(=O)NN. The highest BCUT2D eigenvalue weighted by atomic mass is 32.2. The van der Waals surface area contributed by atoms with Crippen molar-refractivity contribution in [2.45, 2.75) is 110 Å². The minimum absolute atomic E-state index is 0.00459. The maximum atomic E-state index is 14.0. The Bertz CT molecular complexity index is 1790. The normalized spacial score (nSPS) is 17.0. The number of hydrogen-bond acceptors (Lipinski definition) is 10. The number of carbonyl (C=O) groups is 6. The second kappa shape index (κ2) is 18.5. The lowest BCUT2D eigenvalue weighted by molar-refractivity contribution is -0.142. The van der Waals surface area contributed by atoms with Crippen LogP contribution in [0.2, 0.25) is 0 Å². The predicted octanol–water partition coefficient (Wildman–Crippen LogP) is 0.629. The van der Waals surface area contributed by atoms with Crippen LogP contribution < -0.4 is 32.5 Å². The van der Waals surface area contributed by atoms with Crippen molar-refractivity contribution in [2.75, 3.05) is 12.3 Å². The first-order valence-electron chi connectivity index (χ1n) is 17.8. The van der Waals surface area contributed by atoms with Crippen molar-refractivity contribution in [1.82, 2.24) is 36.6 Å². The van der Waals surface area contributed by atoms with Crippen LogP contribution in [0.3, 0.4) is 0 Å². The molecule has 0 aliphatic carbocycles. The zero-order chi connectivity index (χ0) is 40.5. The highest BCUT2D eigenvalue weighted by Gasteiger charge is 2.41. The number of carbonyl (C=O) groups excluding carboxylic acids is 6. The summed E-state index contributed by atoms with van der Waals surface area (Å²) in [5, 5.41) is 10.9. The minimum atomic E-state index is -4.88. The van der Waals surface area contributed by atoms with Gasteiger partial charge in [-0.05, 0) is 63.5 Å². The molecule has 1 fully saturated rings. The van der Waals surface area contributed by atoms with Crippen molar-refractivity contribution < 1.29 is 46.5 Å². The first kappa shape index (κ1) is 43.7. The number of rotatable bonds is 16. The van der Waals surface area contributed by atoms with Crippen LogP contribution in [0.25, 0.3) is 10.9 Å². The van der Waals surface area contributed by atoms with Gasteiger partial charge in [0.15, 0.2) is 0 Å². The Hall–Kier alpha value is -4.75. The van der Waals surface area contributed by atoms with Crippen LogP contribution in [0, 0.1) is 11.8 Å². The number of fused-ring (bicyclic) bond motifs is 1. The van der Waals surface area contributed by atoms with Crippen molar-refractivity contribution in [2.24, 2.45) is 17.7 Å². The number of hydrazine groups is 1. The van der Waals surface area contributed by atoms with Crippen LogP contribution in [0.15, 0.2) is 30.5 Å². The summed E-state index contributed by atoms with van der Waals surface area (Å²) < 4.78 is 39.5. The number of para-hydroxylation sites is 1. The third-order valence-corrected chi connectivity index (χ3v) is 9.42. The summed E-state index contributed by atoms with van der Waals surface area (Å²) in [6.45, 7) is 12.0. The Labute approximate surface area is 315 Å². The third kappa shape index (κ3) is 12.7. The molecule has 18 nitrogen and oxygen atoms in total. The Morgan fingerprint density at radius 3 is 2.19 bits per heavy atom. The van der Waals surface area contributed by atoms with Crippen molar-refractivity contribution >= 4 is 56.7 Å². The van der Waals surface area contributed by atoms with Gasteiger partial charge in [0, 0.05) is 30.1 Å². The molecule has 0 radical (unpaired) electrons. The van der Waals surface area contributed by atoms with E-state index in [0.717, 1.165) is 15.8 Å². The fourth-order valence-corrected chi connectivity index (χ4v) is 6.84. The van der Waals surface area contributed by atoms with E-state index in [2.05, 4.69) is 26.3 Å². The molecule has 5 atom stereocenters. The lowest BCUT2D eigenvalue weighted by atomic mass is 9.99. The van der Waals surface area contributed by atoms with Crippen LogP contribution in [-0.2, 0) is 45.2 Å². The van der Waals surface area contributed by atoms with Crippen LogP contribution in [0.4, 0.5) is 4.79 Å². The first-order chi connectivity index (χ1) is 25.1. The van der Waals surface area contributed by atoms with Gasteiger partial charge >= 0.3 is 6.09 Å². The molecule has 300 valence electrons. The molecule has 9 N–H and O–H groups in total. The van der Waals surface area contributed by atoms with E-state index in [4.69, 9.17) is 10.6 Å². The number of likely N-dealkylation sites (tertiary alicyclic amines) is 1. The van der Waals surface area contributed by atoms with Crippen LogP contribution >= 0.6 is 0 Å². The summed E-state index contributed by atoms with van der Waals surface area (Å²) in [6, 6.07) is 0.703. The monoisotopic (exact) mass is 778 g/mol. The summed E-state index contributed by atoms with van der Waals surface area (Å²) in [5.41, 5.74) is 2.48. The molecule has 0 unspecified atom stereocenters. The minimum Gasteiger partial charge on any atom is -0.444 e. The lowest BCUT2D eigenvalue weighted by Crippen LogP contribution is -2.61. The van der Waals surface area contributed by atoms with Crippen LogP contribution in [0.5, 0.6) is 0 Å². The van der Waals surface area contributed by atoms with E-state index in [9.17, 15) is 41.7 Å². The van der Waals surface area contributed by atoms with Gasteiger partial charge in [-0.2, -0.15) is 8.42 Å². The first-order valence-corrected chi connectivity index (χ1v) is 19.4. The standard InChI is InChI=1S/C35H54N8O10S/c1-19(2)15-24(30(45)42-36)38-32(47)28(20(3)4)41-31(46)27-13-10-14-43(27)33(48)26(18-54(50,51)52)39-29(44)25(40-34(49)53-35(5,6)7)16-21-17-37-23-12-9-8-11-22(21)23/h8-9,11-12,17,19-20,24-28,37H,10,13-16,18,36H2,1-7H3,(H,38,47)(H,39,44)(H,40,49)(H,41,46)(H,42,45)(H,50,51,52)/t24-,25+,26+,27-,28+/m0/s1. The maximum Gasteiger partial charge on any atom is 0.408 e. The number of aromatic nitrogens is 1. The van der Waals surface area contributed by atoms with Gasteiger partial charge in [-0.3, -0.25) is 34.0 Å². The second-order valence-electron chi connectivity index (χ2n) is 15.2. The van der Waals surface area contributed by atoms with Gasteiger partial charge in [-0.15, -0.1) is 0 Å². The molecule has 1 aliphatic rings. The average Bonchev–Trinajstić information content (AvgIpc) is 3.71. The van der Waals surface area contributed by atoms with E-state index in [0.29, 0.717) is 12.0 Å². The molecule has 0 saturated carbocycles. The van der Waals surface area contributed by atoms with Crippen LogP contribution in [0.1, 0.15) is 73.3 Å². The molecule has 0 spiro atoms. The summed E-state index contributed by atoms with van der Waals surface area (Å²) in [7, 11) is -4.88. The highest BCUT2D eigenvalue weighted by Crippen LogP contribution is 2.22. The molecule has 1 aromatic heterocycles. The molecule has 1 saturated heterocycles. The molecule has 19 heteroatoms. The molecular weight excluding hydrogens is 724 g/mol. The molecule has 2 aromatic rings. The molecule has 2 heterocycles. The van der Waals surface area contributed by atoms with Gasteiger partial charge in [0.1, 0.15) is 41.6 Å². The van der Waals surface area contributed by atoms with Gasteiger partial charge in [0.2, 0.25) is 23.6 Å². The number of benzene rings is 1. The largest absolute Gasteiger partial charge is 0.444 e. The van der Waals surface area contributed by atoms with Gasteiger partial charge < -0.3 is 35.9 Å². The molecule has 0 bridgehead atoms. The third-order valence-electron chi connectivity index (χ3n) is 8.67. The number of alkyl carbamates (subject to hydrolysis) is 1. The zero-order valence-corrected chi connectivity index (χ0v) is 32.5. The summed E-state index contributed by atoms with van der Waals surface area (Å²) in [4.78, 5) is 84.3. The highest BCUT2D eigenvalue weighted by molar-refractivity contribution is 7.85. The molecule has 1 aromatic carbocycles. The van der Waals surface area contributed by atoms with Crippen molar-refractivity contribution in [1.29, 1.82) is 0 Å². The van der Waals surface area contributed by atoms with E-state index < -0.39 is 93.2 Å². The van der Waals surface area contributed by atoms with Gasteiger partial charge in [-0.1, -0.05) is 45.9 Å². The lowest BCUT2D eigenvalue weighted by Gasteiger charge is -2.31. The number of amides is 6. The van der Waals surface area contributed by atoms with E-state index in [-0.39, 0.29) is 31.7 Å². The van der Waals surface area contributed by atoms with E-state index in [1.54, 1.807) is 52.9 Å². The Morgan fingerprint density at radius 1 is 0.944 bits per heavy atom. The number of ether oxygens (including phenoxy) is 1. The smallest absolute Gasteiger partial charge is 0.408 e. The Morgan fingerprint density at radius 2 is 1.59 bits per heavy atom. The maximum absolute atomic E-state index is 14.0. The molecular formula is C35H54N8O10S. The number of nitrogens with zero attached hydrogens (tertiary/aromatic N) is 1. The topological polar surface area (TPSA) is 271 Å². The average molecular weight is 779 g/mol. The fraction of sp³-hybridized carbons (Fsp3) is 0.600. The number of hydrogen-bond donors (Lipinski definition) is 8. The van der Waals surface area contributed by atoms with Crippen molar-refractivity contribution in [3.8, 4) is 0 Å². The van der Waals surface area contributed by atoms with E-state index >= 15 is 0 Å². The second-order valence-corrected chi connectivity index (χ2v) is 16.7. The summed E-state index contributed by atoms with van der Waals surface area (Å²) in [6.07, 6.45) is 1.35. The Kier molecular flexibility index (Phi) is 15.0. The number of nitrogens with two attached hydrogens (primary N) is 1. The quantitative estimate of drug-likeness (QED) is 0.0507. The summed E-state index contributed by atoms with van der Waals surface area (Å²) in [5.74, 6) is -0.295. The van der Waals surface area contributed by atoms with Gasteiger partial charge in [0.25, 0.3) is 16.0 Å². The number of H-pyrrole nitrogens is 1. The van der Waals surface area contributed by atoms with Gasteiger partial charge in [-0.25, -0.2) is 10.6 Å². The van der Waals surface area contributed by atoms with Gasteiger partial charge in [0.05, 0.1) is 0 Å². The van der Waals surface area contributed by atoms with Crippen LogP contribution in [-0.4, -0.2) is 107 Å². The number of aromatic amines is 1. The summed E-state index contributed by atoms with van der Waals surface area (Å²) >= 11 is 0. The van der Waals surface area contributed by atoms with Crippen molar-refractivity contribution in [3.63, 3.8) is 0 Å². The van der Waals surface area contributed by atoms with E-state index in [1.807, 2.05) is 31.4 Å². The predicted molar refractivity (Wildman–Crippen MR) is 199 cm³/mol. The molecule has 3 rings (SSSR count). The molecule has 1 aliphatic heterocycles. The Balaban J connectivity index is 1.86.